The van der Waals surface area contributed by atoms with Gasteiger partial charge in [0, 0.05) is 6.42 Å². The fraction of sp³-hybridized carbons (Fsp3) is 0.333. The summed E-state index contributed by atoms with van der Waals surface area (Å²) in [5.41, 5.74) is 0. The number of hydrogen-bond donors (Lipinski definition) is 0. The summed E-state index contributed by atoms with van der Waals surface area (Å²) in [6, 6.07) is 2.04. The van der Waals surface area contributed by atoms with E-state index in [1.165, 1.54) is 3.57 Å². The fourth-order valence-corrected chi connectivity index (χ4v) is 1.01. The van der Waals surface area contributed by atoms with Gasteiger partial charge in [-0.25, -0.2) is 0 Å². The van der Waals surface area contributed by atoms with Gasteiger partial charge in [-0.15, -0.1) is 0 Å². The molecule has 0 fully saturated rings. The smallest absolute Gasteiger partial charge is 0.104 e. The van der Waals surface area contributed by atoms with Crippen LogP contribution in [-0.2, 0) is 6.42 Å². The fourth-order valence-electron chi connectivity index (χ4n) is 0.539. The van der Waals surface area contributed by atoms with Crippen molar-refractivity contribution in [3.05, 3.63) is 21.7 Å². The van der Waals surface area contributed by atoms with Gasteiger partial charge in [0.1, 0.15) is 12.0 Å². The molecule has 8 heavy (non-hydrogen) atoms. The molecule has 0 aliphatic heterocycles. The van der Waals surface area contributed by atoms with Crippen LogP contribution in [0.25, 0.3) is 0 Å². The van der Waals surface area contributed by atoms with Crippen LogP contribution < -0.4 is 0 Å². The number of furan rings is 1. The topological polar surface area (TPSA) is 13.1 Å². The molecular formula is C6H7IO. The van der Waals surface area contributed by atoms with Crippen LogP contribution in [0.4, 0.5) is 0 Å². The molecule has 44 valence electrons. The third kappa shape index (κ3) is 1.24. The van der Waals surface area contributed by atoms with Crippen molar-refractivity contribution in [3.63, 3.8) is 0 Å². The molecule has 0 saturated carbocycles. The zero-order chi connectivity index (χ0) is 5.98. The van der Waals surface area contributed by atoms with Gasteiger partial charge in [0.25, 0.3) is 0 Å². The quantitative estimate of drug-likeness (QED) is 0.665. The zero-order valence-corrected chi connectivity index (χ0v) is 6.81. The summed E-state index contributed by atoms with van der Waals surface area (Å²) in [7, 11) is 0. The molecule has 1 heterocycles. The standard InChI is InChI=1S/C6H7IO/c1-2-6-3-5(7)4-8-6/h3-4H,2H2,1H3. The van der Waals surface area contributed by atoms with Gasteiger partial charge in [-0.1, -0.05) is 6.92 Å². The van der Waals surface area contributed by atoms with Crippen molar-refractivity contribution in [1.29, 1.82) is 0 Å². The average Bonchev–Trinajstić information content (AvgIpc) is 2.14. The van der Waals surface area contributed by atoms with E-state index in [-0.39, 0.29) is 0 Å². The molecule has 0 aliphatic rings. The molecule has 1 aromatic rings. The van der Waals surface area contributed by atoms with Gasteiger partial charge in [0.05, 0.1) is 3.57 Å². The number of halogens is 1. The van der Waals surface area contributed by atoms with Crippen molar-refractivity contribution < 1.29 is 4.42 Å². The average molecular weight is 222 g/mol. The van der Waals surface area contributed by atoms with E-state index in [1.54, 1.807) is 6.26 Å². The van der Waals surface area contributed by atoms with Gasteiger partial charge < -0.3 is 4.42 Å². The van der Waals surface area contributed by atoms with Crippen LogP contribution in [0.2, 0.25) is 0 Å². The molecule has 1 aromatic heterocycles. The molecule has 1 nitrogen and oxygen atoms in total. The molecule has 0 unspecified atom stereocenters. The largest absolute Gasteiger partial charge is 0.468 e. The molecule has 0 amide bonds. The lowest BCUT2D eigenvalue weighted by Crippen LogP contribution is -1.67. The van der Waals surface area contributed by atoms with Gasteiger partial charge >= 0.3 is 0 Å². The molecule has 0 spiro atoms. The first kappa shape index (κ1) is 6.13. The normalized spacial score (nSPS) is 9.75. The number of hydrogen-bond acceptors (Lipinski definition) is 1. The Morgan fingerprint density at radius 2 is 2.50 bits per heavy atom. The number of aryl methyl sites for hydroxylation is 1. The van der Waals surface area contributed by atoms with Crippen LogP contribution in [0.5, 0.6) is 0 Å². The van der Waals surface area contributed by atoms with Gasteiger partial charge in [-0.3, -0.25) is 0 Å². The summed E-state index contributed by atoms with van der Waals surface area (Å²) in [4.78, 5) is 0. The first-order valence-corrected chi connectivity index (χ1v) is 3.63. The Kier molecular flexibility index (Phi) is 1.94. The predicted molar refractivity (Wildman–Crippen MR) is 40.8 cm³/mol. The zero-order valence-electron chi connectivity index (χ0n) is 4.65. The Bertz CT molecular complexity index is 169. The monoisotopic (exact) mass is 222 g/mol. The molecule has 2 heteroatoms. The third-order valence-corrected chi connectivity index (χ3v) is 1.54. The molecular weight excluding hydrogens is 215 g/mol. The van der Waals surface area contributed by atoms with E-state index in [9.17, 15) is 0 Å². The summed E-state index contributed by atoms with van der Waals surface area (Å²) in [6.07, 6.45) is 2.75. The number of rotatable bonds is 1. The third-order valence-electron chi connectivity index (χ3n) is 0.970. The van der Waals surface area contributed by atoms with Gasteiger partial charge in [-0.2, -0.15) is 0 Å². The van der Waals surface area contributed by atoms with Gasteiger partial charge in [0.15, 0.2) is 0 Å². The van der Waals surface area contributed by atoms with Crippen molar-refractivity contribution in [2.24, 2.45) is 0 Å². The highest BCUT2D eigenvalue weighted by atomic mass is 127. The summed E-state index contributed by atoms with van der Waals surface area (Å²) in [5, 5.41) is 0. The maximum absolute atomic E-state index is 5.11. The molecule has 0 bridgehead atoms. The van der Waals surface area contributed by atoms with Crippen LogP contribution in [0.3, 0.4) is 0 Å². The summed E-state index contributed by atoms with van der Waals surface area (Å²) < 4.78 is 6.29. The van der Waals surface area contributed by atoms with Crippen LogP contribution in [0.15, 0.2) is 16.7 Å². The van der Waals surface area contributed by atoms with Crippen molar-refractivity contribution in [2.75, 3.05) is 0 Å². The highest BCUT2D eigenvalue weighted by Gasteiger charge is 1.92. The lowest BCUT2D eigenvalue weighted by Gasteiger charge is -1.79. The Morgan fingerprint density at radius 1 is 1.75 bits per heavy atom. The van der Waals surface area contributed by atoms with Crippen LogP contribution in [-0.4, -0.2) is 0 Å². The molecule has 0 N–H and O–H groups in total. The lowest BCUT2D eigenvalue weighted by atomic mass is 10.4. The van der Waals surface area contributed by atoms with Crippen molar-refractivity contribution in [2.45, 2.75) is 13.3 Å². The Labute approximate surface area is 62.2 Å². The van der Waals surface area contributed by atoms with Gasteiger partial charge in [-0.05, 0) is 28.7 Å². The van der Waals surface area contributed by atoms with E-state index in [4.69, 9.17) is 4.42 Å². The second-order valence-electron chi connectivity index (χ2n) is 1.58. The van der Waals surface area contributed by atoms with E-state index in [1.807, 2.05) is 6.07 Å². The highest BCUT2D eigenvalue weighted by Crippen LogP contribution is 2.09. The van der Waals surface area contributed by atoms with E-state index in [2.05, 4.69) is 29.5 Å². The molecule has 0 aliphatic carbocycles. The Hall–Kier alpha value is 0.01000. The lowest BCUT2D eigenvalue weighted by molar-refractivity contribution is 0.515. The summed E-state index contributed by atoms with van der Waals surface area (Å²) in [6.45, 7) is 2.08. The minimum absolute atomic E-state index is 0.989. The first-order valence-electron chi connectivity index (χ1n) is 2.56. The van der Waals surface area contributed by atoms with Crippen molar-refractivity contribution in [1.82, 2.24) is 0 Å². The van der Waals surface area contributed by atoms with Crippen molar-refractivity contribution in [3.8, 4) is 0 Å². The maximum Gasteiger partial charge on any atom is 0.104 e. The van der Waals surface area contributed by atoms with E-state index in [0.717, 1.165) is 12.2 Å². The maximum atomic E-state index is 5.11. The second-order valence-corrected chi connectivity index (χ2v) is 2.83. The van der Waals surface area contributed by atoms with Crippen LogP contribution in [0, 0.1) is 3.57 Å². The second kappa shape index (κ2) is 2.53. The molecule has 1 rings (SSSR count). The SMILES string of the molecule is CCc1cc(I)co1. The first-order chi connectivity index (χ1) is 3.83. The Balaban J connectivity index is 2.84. The minimum atomic E-state index is 0.989. The van der Waals surface area contributed by atoms with Crippen LogP contribution >= 0.6 is 22.6 Å². The van der Waals surface area contributed by atoms with E-state index in [0.29, 0.717) is 0 Å². The Morgan fingerprint density at radius 3 is 2.75 bits per heavy atom. The van der Waals surface area contributed by atoms with Gasteiger partial charge in [0.2, 0.25) is 0 Å². The van der Waals surface area contributed by atoms with E-state index < -0.39 is 0 Å². The minimum Gasteiger partial charge on any atom is -0.468 e. The van der Waals surface area contributed by atoms with Crippen LogP contribution in [0.1, 0.15) is 12.7 Å². The predicted octanol–water partition coefficient (Wildman–Crippen LogP) is 2.45. The molecule has 0 aromatic carbocycles. The summed E-state index contributed by atoms with van der Waals surface area (Å²) >= 11 is 2.23. The van der Waals surface area contributed by atoms with E-state index >= 15 is 0 Å². The molecule has 0 atom stereocenters. The molecule has 0 radical (unpaired) electrons. The molecule has 0 saturated heterocycles. The highest BCUT2D eigenvalue weighted by molar-refractivity contribution is 14.1. The summed E-state index contributed by atoms with van der Waals surface area (Å²) in [5.74, 6) is 1.06. The van der Waals surface area contributed by atoms with Crippen molar-refractivity contribution >= 4 is 22.6 Å².